The van der Waals surface area contributed by atoms with Crippen LogP contribution in [0.5, 0.6) is 5.75 Å². The molecule has 0 aliphatic carbocycles. The van der Waals surface area contributed by atoms with Crippen molar-refractivity contribution in [2.45, 2.75) is 34.1 Å². The number of benzene rings is 2. The van der Waals surface area contributed by atoms with Crippen LogP contribution < -0.4 is 9.64 Å². The molecule has 3 rings (SSSR count). The second-order valence-electron chi connectivity index (χ2n) is 6.70. The molecule has 1 aliphatic rings. The van der Waals surface area contributed by atoms with Crippen LogP contribution in [-0.2, 0) is 9.59 Å². The average molecular weight is 396 g/mol. The Bertz CT molecular complexity index is 949. The normalized spacial score (nSPS) is 14.2. The van der Waals surface area contributed by atoms with Gasteiger partial charge in [0.15, 0.2) is 0 Å². The summed E-state index contributed by atoms with van der Waals surface area (Å²) in [5.74, 6) is 0.687. The lowest BCUT2D eigenvalue weighted by Gasteiger charge is -2.19. The van der Waals surface area contributed by atoms with Gasteiger partial charge in [-0.05, 0) is 54.8 Å². The fourth-order valence-corrected chi connectivity index (χ4v) is 3.99. The molecule has 2 aromatic carbocycles. The van der Waals surface area contributed by atoms with Crippen molar-refractivity contribution in [3.05, 3.63) is 64.1 Å². The highest BCUT2D eigenvalue weighted by molar-refractivity contribution is 8.04. The van der Waals surface area contributed by atoms with Crippen molar-refractivity contribution >= 4 is 34.8 Å². The van der Waals surface area contributed by atoms with Gasteiger partial charge in [0, 0.05) is 0 Å². The molecule has 0 aromatic heterocycles. The molecule has 0 spiro atoms. The molecule has 0 saturated carbocycles. The number of rotatable bonds is 7. The Morgan fingerprint density at radius 1 is 0.964 bits per heavy atom. The SMILES string of the molecule is CCCOc1ccccc1N1C(=O)C(SCC)=C(c2ccc(C)c(C)c2)C1=O. The van der Waals surface area contributed by atoms with Gasteiger partial charge in [0.1, 0.15) is 5.75 Å². The van der Waals surface area contributed by atoms with Gasteiger partial charge >= 0.3 is 0 Å². The van der Waals surface area contributed by atoms with Gasteiger partial charge < -0.3 is 4.74 Å². The predicted octanol–water partition coefficient (Wildman–Crippen LogP) is 5.13. The molecule has 0 unspecified atom stereocenters. The van der Waals surface area contributed by atoms with E-state index < -0.39 is 0 Å². The minimum atomic E-state index is -0.295. The molecule has 4 nitrogen and oxygen atoms in total. The highest BCUT2D eigenvalue weighted by Gasteiger charge is 2.41. The first-order chi connectivity index (χ1) is 13.5. The number of imide groups is 1. The van der Waals surface area contributed by atoms with E-state index in [2.05, 4.69) is 0 Å². The smallest absolute Gasteiger partial charge is 0.272 e. The van der Waals surface area contributed by atoms with Crippen molar-refractivity contribution in [1.82, 2.24) is 0 Å². The van der Waals surface area contributed by atoms with Crippen LogP contribution in [0.4, 0.5) is 5.69 Å². The number of nitrogens with zero attached hydrogens (tertiary/aromatic N) is 1. The van der Waals surface area contributed by atoms with Gasteiger partial charge in [-0.15, -0.1) is 11.8 Å². The van der Waals surface area contributed by atoms with Crippen molar-refractivity contribution < 1.29 is 14.3 Å². The summed E-state index contributed by atoms with van der Waals surface area (Å²) in [6.07, 6.45) is 0.847. The lowest BCUT2D eigenvalue weighted by Crippen LogP contribution is -2.31. The summed E-state index contributed by atoms with van der Waals surface area (Å²) < 4.78 is 5.79. The lowest BCUT2D eigenvalue weighted by atomic mass is 10.0. The molecule has 146 valence electrons. The van der Waals surface area contributed by atoms with E-state index in [1.54, 1.807) is 12.1 Å². The molecule has 28 heavy (non-hydrogen) atoms. The quantitative estimate of drug-likeness (QED) is 0.610. The maximum absolute atomic E-state index is 13.4. The van der Waals surface area contributed by atoms with Crippen molar-refractivity contribution in [3.8, 4) is 5.75 Å². The first-order valence-corrected chi connectivity index (χ1v) is 10.5. The fraction of sp³-hybridized carbons (Fsp3) is 0.304. The highest BCUT2D eigenvalue weighted by Crippen LogP contribution is 2.41. The van der Waals surface area contributed by atoms with Gasteiger partial charge in [-0.2, -0.15) is 0 Å². The summed E-state index contributed by atoms with van der Waals surface area (Å²) in [6.45, 7) is 8.57. The first kappa shape index (κ1) is 20.2. The fourth-order valence-electron chi connectivity index (χ4n) is 3.13. The number of amides is 2. The molecular formula is C23H25NO3S. The Kier molecular flexibility index (Phi) is 6.25. The van der Waals surface area contributed by atoms with Gasteiger partial charge in [-0.25, -0.2) is 4.90 Å². The van der Waals surface area contributed by atoms with E-state index in [0.29, 0.717) is 34.3 Å². The van der Waals surface area contributed by atoms with Crippen LogP contribution >= 0.6 is 11.8 Å². The molecule has 2 amide bonds. The van der Waals surface area contributed by atoms with Crippen molar-refractivity contribution in [3.63, 3.8) is 0 Å². The van der Waals surface area contributed by atoms with E-state index in [1.165, 1.54) is 16.7 Å². The molecule has 0 radical (unpaired) electrons. The third-order valence-electron chi connectivity index (χ3n) is 4.69. The summed E-state index contributed by atoms with van der Waals surface area (Å²) in [6, 6.07) is 13.1. The molecule has 5 heteroatoms. The van der Waals surface area contributed by atoms with Gasteiger partial charge in [0.05, 0.1) is 22.8 Å². The summed E-state index contributed by atoms with van der Waals surface area (Å²) in [5.41, 5.74) is 4.01. The zero-order valence-electron chi connectivity index (χ0n) is 16.7. The van der Waals surface area contributed by atoms with Crippen LogP contribution in [0.1, 0.15) is 37.0 Å². The van der Waals surface area contributed by atoms with Crippen LogP contribution in [0.25, 0.3) is 5.57 Å². The molecular weight excluding hydrogens is 370 g/mol. The maximum atomic E-state index is 13.4. The first-order valence-electron chi connectivity index (χ1n) is 9.54. The molecule has 0 fully saturated rings. The van der Waals surface area contributed by atoms with Crippen molar-refractivity contribution in [2.75, 3.05) is 17.3 Å². The number of carbonyl (C=O) groups excluding carboxylic acids is 2. The Balaban J connectivity index is 2.08. The average Bonchev–Trinajstić information content (AvgIpc) is 2.93. The van der Waals surface area contributed by atoms with Gasteiger partial charge in [0.2, 0.25) is 0 Å². The Hall–Kier alpha value is -2.53. The van der Waals surface area contributed by atoms with E-state index in [4.69, 9.17) is 4.74 Å². The summed E-state index contributed by atoms with van der Waals surface area (Å²) >= 11 is 1.41. The number of aryl methyl sites for hydroxylation is 2. The van der Waals surface area contributed by atoms with Gasteiger partial charge in [-0.3, -0.25) is 9.59 Å². The second kappa shape index (κ2) is 8.65. The molecule has 0 saturated heterocycles. The van der Waals surface area contributed by atoms with Crippen LogP contribution in [0.2, 0.25) is 0 Å². The molecule has 2 aromatic rings. The largest absolute Gasteiger partial charge is 0.491 e. The number of anilines is 1. The zero-order chi connectivity index (χ0) is 20.3. The number of ether oxygens (including phenoxy) is 1. The van der Waals surface area contributed by atoms with Crippen LogP contribution in [0.15, 0.2) is 47.4 Å². The topological polar surface area (TPSA) is 46.6 Å². The molecule has 1 heterocycles. The Labute approximate surface area is 170 Å². The summed E-state index contributed by atoms with van der Waals surface area (Å²) in [7, 11) is 0. The Morgan fingerprint density at radius 2 is 1.71 bits per heavy atom. The van der Waals surface area contributed by atoms with Crippen LogP contribution in [0, 0.1) is 13.8 Å². The van der Waals surface area contributed by atoms with E-state index in [1.807, 2.05) is 58.0 Å². The van der Waals surface area contributed by atoms with Gasteiger partial charge in [0.25, 0.3) is 11.8 Å². The van der Waals surface area contributed by atoms with E-state index in [0.717, 1.165) is 23.1 Å². The monoisotopic (exact) mass is 395 g/mol. The molecule has 0 N–H and O–H groups in total. The third kappa shape index (κ3) is 3.72. The number of thioether (sulfide) groups is 1. The van der Waals surface area contributed by atoms with E-state index in [-0.39, 0.29) is 11.8 Å². The van der Waals surface area contributed by atoms with E-state index >= 15 is 0 Å². The summed E-state index contributed by atoms with van der Waals surface area (Å²) in [4.78, 5) is 28.4. The lowest BCUT2D eigenvalue weighted by molar-refractivity contribution is -0.119. The molecule has 0 bridgehead atoms. The zero-order valence-corrected chi connectivity index (χ0v) is 17.6. The molecule has 0 atom stereocenters. The number of hydrogen-bond acceptors (Lipinski definition) is 4. The van der Waals surface area contributed by atoms with Crippen molar-refractivity contribution in [2.24, 2.45) is 0 Å². The standard InChI is InChI=1S/C23H25NO3S/c1-5-13-27-19-10-8-7-9-18(19)24-22(25)20(21(23(24)26)28-6-2)17-12-11-15(3)16(4)14-17/h7-12,14H,5-6,13H2,1-4H3. The summed E-state index contributed by atoms with van der Waals surface area (Å²) in [5, 5.41) is 0. The third-order valence-corrected chi connectivity index (χ3v) is 5.65. The maximum Gasteiger partial charge on any atom is 0.272 e. The number of hydrogen-bond donors (Lipinski definition) is 0. The highest BCUT2D eigenvalue weighted by atomic mass is 32.2. The molecule has 1 aliphatic heterocycles. The van der Waals surface area contributed by atoms with Crippen molar-refractivity contribution in [1.29, 1.82) is 0 Å². The Morgan fingerprint density at radius 3 is 2.39 bits per heavy atom. The predicted molar refractivity (Wildman–Crippen MR) is 116 cm³/mol. The van der Waals surface area contributed by atoms with Gasteiger partial charge in [-0.1, -0.05) is 44.2 Å². The van der Waals surface area contributed by atoms with Crippen LogP contribution in [0.3, 0.4) is 0 Å². The number of carbonyl (C=O) groups is 2. The minimum Gasteiger partial charge on any atom is -0.491 e. The van der Waals surface area contributed by atoms with Crippen LogP contribution in [-0.4, -0.2) is 24.2 Å². The second-order valence-corrected chi connectivity index (χ2v) is 7.97. The minimum absolute atomic E-state index is 0.280. The van der Waals surface area contributed by atoms with E-state index in [9.17, 15) is 9.59 Å². The number of para-hydroxylation sites is 2.